The molecule has 34 heavy (non-hydrogen) atoms. The maximum atomic E-state index is 12.7. The zero-order valence-electron chi connectivity index (χ0n) is 18.9. The predicted molar refractivity (Wildman–Crippen MR) is 139 cm³/mol. The first-order chi connectivity index (χ1) is 16.6. The number of carbonyl (C=O) groups excluding carboxylic acids is 1. The van der Waals surface area contributed by atoms with E-state index in [9.17, 15) is 9.90 Å². The largest absolute Gasteiger partial charge is 0.508 e. The molecule has 1 aromatic heterocycles. The third-order valence-corrected chi connectivity index (χ3v) is 5.89. The first-order valence-electron chi connectivity index (χ1n) is 11.4. The van der Waals surface area contributed by atoms with Crippen molar-refractivity contribution < 1.29 is 9.90 Å². The summed E-state index contributed by atoms with van der Waals surface area (Å²) in [4.78, 5) is 15.9. The van der Waals surface area contributed by atoms with Crippen LogP contribution in [0.5, 0.6) is 5.75 Å². The van der Waals surface area contributed by atoms with Crippen LogP contribution in [0, 0.1) is 0 Å². The number of aromatic hydroxyl groups is 1. The van der Waals surface area contributed by atoms with Crippen molar-refractivity contribution in [3.05, 3.63) is 106 Å². The Morgan fingerprint density at radius 2 is 1.88 bits per heavy atom. The van der Waals surface area contributed by atoms with Crippen molar-refractivity contribution in [2.24, 2.45) is 0 Å². The molecule has 0 radical (unpaired) electrons. The highest BCUT2D eigenvalue weighted by Crippen LogP contribution is 2.22. The van der Waals surface area contributed by atoms with Gasteiger partial charge in [-0.2, -0.15) is 0 Å². The number of phenolic OH excluding ortho intramolecular Hbond substituents is 1. The summed E-state index contributed by atoms with van der Waals surface area (Å²) in [6.45, 7) is 1.95. The van der Waals surface area contributed by atoms with Gasteiger partial charge in [0.25, 0.3) is 5.91 Å². The van der Waals surface area contributed by atoms with Crippen molar-refractivity contribution in [1.29, 1.82) is 0 Å². The van der Waals surface area contributed by atoms with E-state index in [1.54, 1.807) is 12.1 Å². The van der Waals surface area contributed by atoms with Gasteiger partial charge in [-0.3, -0.25) is 4.79 Å². The Labute approximate surface area is 204 Å². The molecule has 0 fully saturated rings. The number of rotatable bonds is 10. The van der Waals surface area contributed by atoms with Crippen molar-refractivity contribution >= 4 is 34.5 Å². The normalized spacial score (nSPS) is 11.3. The van der Waals surface area contributed by atoms with E-state index in [0.29, 0.717) is 23.7 Å². The molecule has 0 atom stereocenters. The van der Waals surface area contributed by atoms with Crippen LogP contribution in [0.4, 0.5) is 0 Å². The average molecular weight is 474 g/mol. The number of amides is 1. The number of aromatic nitrogens is 1. The van der Waals surface area contributed by atoms with Gasteiger partial charge in [0, 0.05) is 46.8 Å². The van der Waals surface area contributed by atoms with E-state index >= 15 is 0 Å². The van der Waals surface area contributed by atoms with Gasteiger partial charge >= 0.3 is 0 Å². The van der Waals surface area contributed by atoms with Gasteiger partial charge in [-0.05, 0) is 66.4 Å². The summed E-state index contributed by atoms with van der Waals surface area (Å²) in [5.74, 6) is 0.191. The highest BCUT2D eigenvalue weighted by molar-refractivity contribution is 6.30. The van der Waals surface area contributed by atoms with Crippen LogP contribution >= 0.6 is 11.6 Å². The fourth-order valence-electron chi connectivity index (χ4n) is 3.92. The van der Waals surface area contributed by atoms with Crippen LogP contribution in [0.25, 0.3) is 17.0 Å². The lowest BCUT2D eigenvalue weighted by Gasteiger charge is -2.11. The minimum Gasteiger partial charge on any atom is -0.508 e. The third kappa shape index (κ3) is 6.28. The van der Waals surface area contributed by atoms with Crippen molar-refractivity contribution in [2.45, 2.75) is 19.4 Å². The number of H-pyrrole nitrogens is 1. The summed E-state index contributed by atoms with van der Waals surface area (Å²) in [5, 5.41) is 17.9. The van der Waals surface area contributed by atoms with Gasteiger partial charge in [0.1, 0.15) is 5.75 Å². The first kappa shape index (κ1) is 23.6. The zero-order chi connectivity index (χ0) is 23.8. The predicted octanol–water partition coefficient (Wildman–Crippen LogP) is 5.69. The Hall–Kier alpha value is -3.54. The van der Waals surface area contributed by atoms with Crippen LogP contribution < -0.4 is 10.6 Å². The van der Waals surface area contributed by atoms with Crippen LogP contribution in [-0.4, -0.2) is 29.1 Å². The lowest BCUT2D eigenvalue weighted by atomic mass is 10.1. The number of halogens is 1. The van der Waals surface area contributed by atoms with Crippen LogP contribution in [0.3, 0.4) is 0 Å². The molecule has 0 bridgehead atoms. The lowest BCUT2D eigenvalue weighted by molar-refractivity contribution is 0.0953. The molecular weight excluding hydrogens is 446 g/mol. The molecule has 4 rings (SSSR count). The van der Waals surface area contributed by atoms with Gasteiger partial charge in [-0.25, -0.2) is 0 Å². The summed E-state index contributed by atoms with van der Waals surface area (Å²) >= 11 is 6.00. The number of phenols is 1. The van der Waals surface area contributed by atoms with Crippen LogP contribution in [0.15, 0.2) is 79.0 Å². The number of carbonyl (C=O) groups is 1. The Bertz CT molecular complexity index is 1300. The van der Waals surface area contributed by atoms with Crippen molar-refractivity contribution in [2.75, 3.05) is 13.1 Å². The molecule has 0 saturated heterocycles. The van der Waals surface area contributed by atoms with Crippen LogP contribution in [0.1, 0.15) is 33.5 Å². The van der Waals surface area contributed by atoms with Gasteiger partial charge in [-0.1, -0.05) is 54.1 Å². The van der Waals surface area contributed by atoms with E-state index in [-0.39, 0.29) is 11.7 Å². The van der Waals surface area contributed by atoms with Gasteiger partial charge in [-0.15, -0.1) is 0 Å². The number of fused-ring (bicyclic) bond motifs is 1. The van der Waals surface area contributed by atoms with E-state index in [1.807, 2.05) is 72.9 Å². The number of hydrogen-bond donors (Lipinski definition) is 4. The molecule has 0 saturated carbocycles. The van der Waals surface area contributed by atoms with Gasteiger partial charge in [0.2, 0.25) is 0 Å². The molecule has 0 aliphatic heterocycles. The van der Waals surface area contributed by atoms with Crippen LogP contribution in [-0.2, 0) is 13.0 Å². The van der Waals surface area contributed by atoms with E-state index < -0.39 is 0 Å². The number of hydrogen-bond acceptors (Lipinski definition) is 3. The quantitative estimate of drug-likeness (QED) is 0.223. The van der Waals surface area contributed by atoms with Crippen molar-refractivity contribution in [3.63, 3.8) is 0 Å². The second-order valence-electron chi connectivity index (χ2n) is 8.13. The molecule has 0 spiro atoms. The number of benzene rings is 3. The summed E-state index contributed by atoms with van der Waals surface area (Å²) in [6, 6.07) is 20.7. The molecule has 3 aromatic carbocycles. The summed E-state index contributed by atoms with van der Waals surface area (Å²) in [6.07, 6.45) is 7.60. The highest BCUT2D eigenvalue weighted by Gasteiger charge is 2.10. The van der Waals surface area contributed by atoms with Gasteiger partial charge < -0.3 is 20.7 Å². The average Bonchev–Trinajstić information content (AvgIpc) is 3.23. The molecule has 6 heteroatoms. The molecule has 0 aliphatic rings. The summed E-state index contributed by atoms with van der Waals surface area (Å²) in [7, 11) is 0. The maximum Gasteiger partial charge on any atom is 0.251 e. The molecule has 0 unspecified atom stereocenters. The van der Waals surface area contributed by atoms with Gasteiger partial charge in [0.15, 0.2) is 0 Å². The molecule has 4 N–H and O–H groups in total. The zero-order valence-corrected chi connectivity index (χ0v) is 19.6. The monoisotopic (exact) mass is 473 g/mol. The Kier molecular flexibility index (Phi) is 8.02. The Balaban J connectivity index is 1.25. The standard InChI is InChI=1S/C28H28ClN3O2/c29-23-9-5-7-20(16-23)6-3-4-14-31-28(34)26-10-2-1-8-21(26)18-30-15-13-22-19-32-27-17-24(33)11-12-25(22)27/h1-3,5-12,16-17,19,30,32-33H,4,13-15,18H2,(H,31,34)/b6-3+. The minimum atomic E-state index is -0.0648. The van der Waals surface area contributed by atoms with Crippen LogP contribution in [0.2, 0.25) is 5.02 Å². The first-order valence-corrected chi connectivity index (χ1v) is 11.8. The third-order valence-electron chi connectivity index (χ3n) is 5.66. The molecule has 1 heterocycles. The number of nitrogens with one attached hydrogen (secondary N) is 3. The summed E-state index contributed by atoms with van der Waals surface area (Å²) < 4.78 is 0. The smallest absolute Gasteiger partial charge is 0.251 e. The molecule has 1 amide bonds. The second-order valence-corrected chi connectivity index (χ2v) is 8.57. The highest BCUT2D eigenvalue weighted by atomic mass is 35.5. The summed E-state index contributed by atoms with van der Waals surface area (Å²) in [5.41, 5.74) is 4.83. The van der Waals surface area contributed by atoms with Crippen molar-refractivity contribution in [3.8, 4) is 5.75 Å². The Morgan fingerprint density at radius 1 is 1.00 bits per heavy atom. The van der Waals surface area contributed by atoms with E-state index in [4.69, 9.17) is 11.6 Å². The fourth-order valence-corrected chi connectivity index (χ4v) is 4.12. The lowest BCUT2D eigenvalue weighted by Crippen LogP contribution is -2.26. The van der Waals surface area contributed by atoms with Crippen molar-refractivity contribution in [1.82, 2.24) is 15.6 Å². The van der Waals surface area contributed by atoms with E-state index in [0.717, 1.165) is 41.4 Å². The number of aromatic amines is 1. The molecule has 4 aromatic rings. The van der Waals surface area contributed by atoms with E-state index in [1.165, 1.54) is 5.56 Å². The maximum absolute atomic E-state index is 12.7. The molecule has 174 valence electrons. The second kappa shape index (κ2) is 11.5. The van der Waals surface area contributed by atoms with Gasteiger partial charge in [0.05, 0.1) is 0 Å². The van der Waals surface area contributed by atoms with E-state index in [2.05, 4.69) is 15.6 Å². The topological polar surface area (TPSA) is 77.2 Å². The molecular formula is C28H28ClN3O2. The SMILES string of the molecule is O=C(NCC/C=C/c1cccc(Cl)c1)c1ccccc1CNCCc1c[nH]c2cc(O)ccc12. The fraction of sp³-hybridized carbons (Fsp3) is 0.179. The minimum absolute atomic E-state index is 0.0648. The Morgan fingerprint density at radius 3 is 2.76 bits per heavy atom. The molecule has 0 aliphatic carbocycles. The molecule has 5 nitrogen and oxygen atoms in total.